The summed E-state index contributed by atoms with van der Waals surface area (Å²) in [5, 5.41) is 0. The molecule has 10 heavy (non-hydrogen) atoms. The quantitative estimate of drug-likeness (QED) is 0.297. The molecule has 0 amide bonds. The topological polar surface area (TPSA) is 72.4 Å². The molecule has 0 fully saturated rings. The van der Waals surface area contributed by atoms with E-state index in [0.29, 0.717) is 0 Å². The molecule has 4 nitrogen and oxygen atoms in total. The zero-order valence-electron chi connectivity index (χ0n) is 6.49. The molecule has 0 radical (unpaired) electrons. The molecule has 0 bridgehead atoms. The first-order valence-corrected chi connectivity index (χ1v) is 3.88. The predicted molar refractivity (Wildman–Crippen MR) is 24.1 cm³/mol. The molecule has 0 aromatic heterocycles. The van der Waals surface area contributed by atoms with Gasteiger partial charge in [0, 0.05) is 6.61 Å². The Bertz CT molecular complexity index is 103. The first kappa shape index (κ1) is 17.4. The maximum Gasteiger partial charge on any atom is 1.00 e. The molecule has 7 heteroatoms. The number of hydrogen-bond donors (Lipinski definition) is 0. The molecule has 0 unspecified atom stereocenters. The number of ether oxygens (including phenoxy) is 1. The molecule has 0 aliphatic rings. The van der Waals surface area contributed by atoms with E-state index in [0.717, 1.165) is 0 Å². The monoisotopic (exact) mass is 152 g/mol. The largest absolute Gasteiger partial charge is 1.00 e. The molecule has 0 aromatic carbocycles. The van der Waals surface area contributed by atoms with Gasteiger partial charge in [0.1, 0.15) is 0 Å². The first-order valence-electron chi connectivity index (χ1n) is 2.15. The first-order chi connectivity index (χ1) is 3.56. The fourth-order valence-electron chi connectivity index (χ4n) is 0.203. The zero-order valence-corrected chi connectivity index (χ0v) is 7.39. The van der Waals surface area contributed by atoms with Crippen LogP contribution in [-0.4, -0.2) is 13.0 Å². The van der Waals surface area contributed by atoms with Gasteiger partial charge in [-0.2, -0.15) is 0 Å². The van der Waals surface area contributed by atoms with E-state index in [-0.39, 0.29) is 44.3 Å². The van der Waals surface area contributed by atoms with Crippen molar-refractivity contribution < 1.29 is 56.8 Å². The Balaban J connectivity index is -0.000000245. The molecule has 0 aliphatic heterocycles. The Morgan fingerprint density at radius 1 is 1.40 bits per heavy atom. The Morgan fingerprint density at radius 3 is 1.90 bits per heavy atom. The molecule has 0 aromatic rings. The second kappa shape index (κ2) is 8.40. The zero-order chi connectivity index (χ0) is 6.62. The van der Waals surface area contributed by atoms with Crippen molar-refractivity contribution in [1.29, 1.82) is 0 Å². The maximum atomic E-state index is 9.74. The minimum atomic E-state index is -4.40. The molecule has 50 valence electrons. The van der Waals surface area contributed by atoms with E-state index in [9.17, 15) is 14.4 Å². The van der Waals surface area contributed by atoms with E-state index in [1.165, 1.54) is 0 Å². The molecule has 0 rings (SSSR count). The SMILES string of the molecule is CCOCP(=O)([O-])[O-].[Li+].[Li+]. The molecule has 0 atom stereocenters. The molecular formula is C3H7Li2O4P. The molecular weight excluding hydrogens is 145 g/mol. The summed E-state index contributed by atoms with van der Waals surface area (Å²) in [6.07, 6.45) is -0.691. The van der Waals surface area contributed by atoms with Gasteiger partial charge in [0.25, 0.3) is 0 Å². The second-order valence-corrected chi connectivity index (χ2v) is 2.71. The predicted octanol–water partition coefficient (Wildman–Crippen LogP) is -7.10. The summed E-state index contributed by atoms with van der Waals surface area (Å²) in [6, 6.07) is 0. The van der Waals surface area contributed by atoms with Crippen LogP contribution in [0.5, 0.6) is 0 Å². The van der Waals surface area contributed by atoms with Crippen LogP contribution >= 0.6 is 7.60 Å². The minimum absolute atomic E-state index is 0. The summed E-state index contributed by atoms with van der Waals surface area (Å²) in [6.45, 7) is 1.88. The van der Waals surface area contributed by atoms with Crippen molar-refractivity contribution in [3.63, 3.8) is 0 Å². The van der Waals surface area contributed by atoms with Crippen LogP contribution in [0.3, 0.4) is 0 Å². The second-order valence-electron chi connectivity index (χ2n) is 1.23. The van der Waals surface area contributed by atoms with Gasteiger partial charge in [-0.15, -0.1) is 0 Å². The van der Waals surface area contributed by atoms with Gasteiger partial charge < -0.3 is 19.1 Å². The van der Waals surface area contributed by atoms with E-state index >= 15 is 0 Å². The Kier molecular flexibility index (Phi) is 14.6. The number of hydrogen-bond acceptors (Lipinski definition) is 4. The third kappa shape index (κ3) is 16.1. The van der Waals surface area contributed by atoms with E-state index in [2.05, 4.69) is 4.74 Å². The van der Waals surface area contributed by atoms with Crippen LogP contribution in [0.2, 0.25) is 0 Å². The van der Waals surface area contributed by atoms with E-state index in [4.69, 9.17) is 0 Å². The molecule has 0 saturated carbocycles. The van der Waals surface area contributed by atoms with Gasteiger partial charge in [0.05, 0.1) is 6.35 Å². The van der Waals surface area contributed by atoms with Crippen molar-refractivity contribution in [3.8, 4) is 0 Å². The average Bonchev–Trinajstić information content (AvgIpc) is 1.59. The number of rotatable bonds is 3. The van der Waals surface area contributed by atoms with E-state index in [1.54, 1.807) is 6.92 Å². The van der Waals surface area contributed by atoms with Crippen LogP contribution in [0.15, 0.2) is 0 Å². The molecule has 0 heterocycles. The van der Waals surface area contributed by atoms with Crippen LogP contribution in [0.4, 0.5) is 0 Å². The summed E-state index contributed by atoms with van der Waals surface area (Å²) in [7, 11) is -4.40. The standard InChI is InChI=1S/C3H9O4P.2Li/c1-2-7-3-8(4,5)6;;/h2-3H2,1H3,(H2,4,5,6);;/q;2*+1/p-2. The van der Waals surface area contributed by atoms with Gasteiger partial charge in [-0.3, -0.25) is 0 Å². The van der Waals surface area contributed by atoms with Crippen molar-refractivity contribution in [3.05, 3.63) is 0 Å². The van der Waals surface area contributed by atoms with Crippen molar-refractivity contribution in [2.24, 2.45) is 0 Å². The van der Waals surface area contributed by atoms with Crippen molar-refractivity contribution in [2.45, 2.75) is 6.92 Å². The third-order valence-corrected chi connectivity index (χ3v) is 0.952. The Labute approximate surface area is 84.2 Å². The Hall–Kier alpha value is 1.30. The van der Waals surface area contributed by atoms with Crippen LogP contribution in [0.25, 0.3) is 0 Å². The minimum Gasteiger partial charge on any atom is -0.809 e. The summed E-state index contributed by atoms with van der Waals surface area (Å²) in [5.74, 6) is 0. The van der Waals surface area contributed by atoms with Crippen LogP contribution < -0.4 is 47.5 Å². The van der Waals surface area contributed by atoms with E-state index in [1.807, 2.05) is 0 Å². The van der Waals surface area contributed by atoms with Crippen LogP contribution in [0, 0.1) is 0 Å². The van der Waals surface area contributed by atoms with Gasteiger partial charge in [0.15, 0.2) is 0 Å². The van der Waals surface area contributed by atoms with Gasteiger partial charge in [-0.25, -0.2) is 0 Å². The molecule has 0 N–H and O–H groups in total. The molecule has 0 saturated heterocycles. The van der Waals surface area contributed by atoms with Crippen molar-refractivity contribution in [2.75, 3.05) is 13.0 Å². The summed E-state index contributed by atoms with van der Waals surface area (Å²) >= 11 is 0. The van der Waals surface area contributed by atoms with Crippen LogP contribution in [-0.2, 0) is 9.30 Å². The average molecular weight is 152 g/mol. The summed E-state index contributed by atoms with van der Waals surface area (Å²) in [4.78, 5) is 19.5. The fraction of sp³-hybridized carbons (Fsp3) is 1.00. The van der Waals surface area contributed by atoms with Gasteiger partial charge >= 0.3 is 37.7 Å². The smallest absolute Gasteiger partial charge is 0.809 e. The molecule has 0 spiro atoms. The van der Waals surface area contributed by atoms with E-state index < -0.39 is 13.9 Å². The fourth-order valence-corrected chi connectivity index (χ4v) is 0.609. The summed E-state index contributed by atoms with van der Waals surface area (Å²) in [5.41, 5.74) is 0. The van der Waals surface area contributed by atoms with Gasteiger partial charge in [-0.1, -0.05) is 0 Å². The molecule has 0 aliphatic carbocycles. The third-order valence-electron chi connectivity index (χ3n) is 0.454. The maximum absolute atomic E-state index is 9.74. The van der Waals surface area contributed by atoms with Crippen molar-refractivity contribution in [1.82, 2.24) is 0 Å². The van der Waals surface area contributed by atoms with Crippen molar-refractivity contribution >= 4 is 7.60 Å². The van der Waals surface area contributed by atoms with Gasteiger partial charge in [-0.05, 0) is 14.5 Å². The normalized spacial score (nSPS) is 9.50. The van der Waals surface area contributed by atoms with Gasteiger partial charge in [0.2, 0.25) is 0 Å². The van der Waals surface area contributed by atoms with Crippen LogP contribution in [0.1, 0.15) is 6.92 Å². The Morgan fingerprint density at radius 2 is 1.80 bits per heavy atom. The summed E-state index contributed by atoms with van der Waals surface area (Å²) < 4.78 is 14.0.